The summed E-state index contributed by atoms with van der Waals surface area (Å²) in [7, 11) is 0. The molecule has 0 bridgehead atoms. The molecule has 2 N–H and O–H groups in total. The molecule has 1 aromatic rings. The fourth-order valence-electron chi connectivity index (χ4n) is 1.31. The van der Waals surface area contributed by atoms with Crippen molar-refractivity contribution in [2.75, 3.05) is 12.5 Å². The third-order valence-corrected chi connectivity index (χ3v) is 2.51. The average Bonchev–Trinajstić information content (AvgIpc) is 2.34. The molecule has 0 amide bonds. The van der Waals surface area contributed by atoms with Gasteiger partial charge in [-0.15, -0.1) is 11.6 Å². The Morgan fingerprint density at radius 1 is 1.38 bits per heavy atom. The van der Waals surface area contributed by atoms with Gasteiger partial charge in [0.1, 0.15) is 11.9 Å². The molecule has 0 aliphatic carbocycles. The number of hydrogen-bond acceptors (Lipinski definition) is 3. The standard InChI is InChI=1S/C12H17ClO3/c1-2-6-16-10-5-3-4-9(7-10)12(15)11(14)8-13/h3-5,7,11-12,14-15H,2,6,8H2,1H3. The zero-order valence-electron chi connectivity index (χ0n) is 9.27. The Hall–Kier alpha value is -0.770. The minimum absolute atomic E-state index is 0.00120. The second kappa shape index (κ2) is 6.74. The van der Waals surface area contributed by atoms with E-state index in [0.717, 1.165) is 6.42 Å². The molecule has 4 heteroatoms. The lowest BCUT2D eigenvalue weighted by Gasteiger charge is -2.16. The maximum absolute atomic E-state index is 9.75. The first-order valence-electron chi connectivity index (χ1n) is 5.34. The van der Waals surface area contributed by atoms with E-state index >= 15 is 0 Å². The molecule has 0 aromatic heterocycles. The van der Waals surface area contributed by atoms with E-state index in [1.165, 1.54) is 0 Å². The van der Waals surface area contributed by atoms with Crippen LogP contribution in [0.25, 0.3) is 0 Å². The molecule has 16 heavy (non-hydrogen) atoms. The number of rotatable bonds is 6. The van der Waals surface area contributed by atoms with E-state index in [1.54, 1.807) is 18.2 Å². The first kappa shape index (κ1) is 13.3. The van der Waals surface area contributed by atoms with Gasteiger partial charge in [0.2, 0.25) is 0 Å². The summed E-state index contributed by atoms with van der Waals surface area (Å²) in [5, 5.41) is 19.2. The van der Waals surface area contributed by atoms with Crippen LogP contribution in [0.5, 0.6) is 5.75 Å². The van der Waals surface area contributed by atoms with Gasteiger partial charge in [0.25, 0.3) is 0 Å². The van der Waals surface area contributed by atoms with Crippen molar-refractivity contribution in [2.24, 2.45) is 0 Å². The van der Waals surface area contributed by atoms with E-state index in [9.17, 15) is 10.2 Å². The topological polar surface area (TPSA) is 49.7 Å². The quantitative estimate of drug-likeness (QED) is 0.754. The summed E-state index contributed by atoms with van der Waals surface area (Å²) in [6.07, 6.45) is -0.998. The molecule has 0 radical (unpaired) electrons. The Morgan fingerprint density at radius 2 is 2.12 bits per heavy atom. The highest BCUT2D eigenvalue weighted by atomic mass is 35.5. The van der Waals surface area contributed by atoms with Crippen molar-refractivity contribution in [3.63, 3.8) is 0 Å². The zero-order valence-corrected chi connectivity index (χ0v) is 10.0. The number of hydrogen-bond donors (Lipinski definition) is 2. The number of aliphatic hydroxyl groups is 2. The van der Waals surface area contributed by atoms with Crippen molar-refractivity contribution < 1.29 is 14.9 Å². The third-order valence-electron chi connectivity index (χ3n) is 2.20. The van der Waals surface area contributed by atoms with Gasteiger partial charge in [-0.2, -0.15) is 0 Å². The normalized spacial score (nSPS) is 14.5. The van der Waals surface area contributed by atoms with Crippen LogP contribution >= 0.6 is 11.6 Å². The van der Waals surface area contributed by atoms with Crippen molar-refractivity contribution in [3.05, 3.63) is 29.8 Å². The lowest BCUT2D eigenvalue weighted by atomic mass is 10.1. The van der Waals surface area contributed by atoms with E-state index in [4.69, 9.17) is 16.3 Å². The molecule has 90 valence electrons. The maximum atomic E-state index is 9.75. The molecule has 3 nitrogen and oxygen atoms in total. The largest absolute Gasteiger partial charge is 0.494 e. The van der Waals surface area contributed by atoms with Gasteiger partial charge in [-0.3, -0.25) is 0 Å². The summed E-state index contributed by atoms with van der Waals surface area (Å²) < 4.78 is 5.43. The van der Waals surface area contributed by atoms with Crippen LogP contribution < -0.4 is 4.74 Å². The van der Waals surface area contributed by atoms with Gasteiger partial charge in [-0.25, -0.2) is 0 Å². The van der Waals surface area contributed by atoms with Crippen LogP contribution in [0.2, 0.25) is 0 Å². The number of ether oxygens (including phenoxy) is 1. The Bertz CT molecular complexity index is 317. The predicted molar refractivity (Wildman–Crippen MR) is 63.9 cm³/mol. The molecule has 0 aliphatic heterocycles. The van der Waals surface area contributed by atoms with Gasteiger partial charge in [0.15, 0.2) is 0 Å². The number of aliphatic hydroxyl groups excluding tert-OH is 2. The molecule has 0 spiro atoms. The summed E-state index contributed by atoms with van der Waals surface area (Å²) in [6, 6.07) is 7.05. The van der Waals surface area contributed by atoms with Crippen molar-refractivity contribution in [1.82, 2.24) is 0 Å². The van der Waals surface area contributed by atoms with Gasteiger partial charge in [-0.1, -0.05) is 19.1 Å². The lowest BCUT2D eigenvalue weighted by molar-refractivity contribution is 0.0326. The summed E-state index contributed by atoms with van der Waals surface area (Å²) >= 11 is 5.48. The first-order chi connectivity index (χ1) is 7.69. The van der Waals surface area contributed by atoms with E-state index < -0.39 is 12.2 Å². The van der Waals surface area contributed by atoms with Gasteiger partial charge >= 0.3 is 0 Å². The summed E-state index contributed by atoms with van der Waals surface area (Å²) in [4.78, 5) is 0. The molecule has 2 unspecified atom stereocenters. The average molecular weight is 245 g/mol. The van der Waals surface area contributed by atoms with Crippen LogP contribution in [0.3, 0.4) is 0 Å². The minimum atomic E-state index is -0.970. The number of halogens is 1. The first-order valence-corrected chi connectivity index (χ1v) is 5.87. The maximum Gasteiger partial charge on any atom is 0.119 e. The van der Waals surface area contributed by atoms with Crippen LogP contribution in [-0.4, -0.2) is 28.8 Å². The highest BCUT2D eigenvalue weighted by molar-refractivity contribution is 6.18. The van der Waals surface area contributed by atoms with Gasteiger partial charge in [-0.05, 0) is 24.1 Å². The Balaban J connectivity index is 2.73. The van der Waals surface area contributed by atoms with Crippen molar-refractivity contribution >= 4 is 11.6 Å². The molecule has 0 saturated heterocycles. The SMILES string of the molecule is CCCOc1cccc(C(O)C(O)CCl)c1. The van der Waals surface area contributed by atoms with Crippen LogP contribution in [0.1, 0.15) is 25.0 Å². The highest BCUT2D eigenvalue weighted by Crippen LogP contribution is 2.22. The van der Waals surface area contributed by atoms with Gasteiger partial charge in [0.05, 0.1) is 18.6 Å². The van der Waals surface area contributed by atoms with E-state index in [-0.39, 0.29) is 5.88 Å². The Morgan fingerprint density at radius 3 is 2.75 bits per heavy atom. The molecule has 0 heterocycles. The molecular formula is C12H17ClO3. The van der Waals surface area contributed by atoms with Gasteiger partial charge < -0.3 is 14.9 Å². The monoisotopic (exact) mass is 244 g/mol. The zero-order chi connectivity index (χ0) is 12.0. The molecule has 0 saturated carbocycles. The third kappa shape index (κ3) is 3.67. The molecule has 0 fully saturated rings. The van der Waals surface area contributed by atoms with Crippen LogP contribution in [0.4, 0.5) is 0 Å². The van der Waals surface area contributed by atoms with Crippen molar-refractivity contribution in [2.45, 2.75) is 25.6 Å². The second-order valence-electron chi connectivity index (χ2n) is 3.59. The van der Waals surface area contributed by atoms with E-state index in [2.05, 4.69) is 0 Å². The molecule has 2 atom stereocenters. The molecule has 1 rings (SSSR count). The summed E-state index contributed by atoms with van der Waals surface area (Å²) in [5.41, 5.74) is 0.613. The Labute approximate surface area is 101 Å². The summed E-state index contributed by atoms with van der Waals surface area (Å²) in [6.45, 7) is 2.66. The second-order valence-corrected chi connectivity index (χ2v) is 3.90. The summed E-state index contributed by atoms with van der Waals surface area (Å²) in [5.74, 6) is 0.696. The minimum Gasteiger partial charge on any atom is -0.494 e. The predicted octanol–water partition coefficient (Wildman–Crippen LogP) is 2.11. The van der Waals surface area contributed by atoms with Gasteiger partial charge in [0, 0.05) is 0 Å². The van der Waals surface area contributed by atoms with Crippen molar-refractivity contribution in [3.8, 4) is 5.75 Å². The van der Waals surface area contributed by atoms with Crippen molar-refractivity contribution in [1.29, 1.82) is 0 Å². The lowest BCUT2D eigenvalue weighted by Crippen LogP contribution is -2.19. The van der Waals surface area contributed by atoms with Crippen LogP contribution in [0.15, 0.2) is 24.3 Å². The smallest absolute Gasteiger partial charge is 0.119 e. The highest BCUT2D eigenvalue weighted by Gasteiger charge is 2.17. The van der Waals surface area contributed by atoms with E-state index in [0.29, 0.717) is 17.9 Å². The van der Waals surface area contributed by atoms with Crippen LogP contribution in [0, 0.1) is 0 Å². The van der Waals surface area contributed by atoms with E-state index in [1.807, 2.05) is 13.0 Å². The molecule has 0 aliphatic rings. The molecule has 1 aromatic carbocycles. The van der Waals surface area contributed by atoms with Crippen LogP contribution in [-0.2, 0) is 0 Å². The molecular weight excluding hydrogens is 228 g/mol. The fourth-order valence-corrected chi connectivity index (χ4v) is 1.48. The number of alkyl halides is 1. The Kier molecular flexibility index (Phi) is 5.60. The fraction of sp³-hybridized carbons (Fsp3) is 0.500. The number of benzene rings is 1.